The minimum atomic E-state index is -0.314. The van der Waals surface area contributed by atoms with Gasteiger partial charge in [0.1, 0.15) is 11.3 Å². The first-order chi connectivity index (χ1) is 15.5. The van der Waals surface area contributed by atoms with Gasteiger partial charge in [-0.25, -0.2) is 4.79 Å². The Hall–Kier alpha value is -3.16. The van der Waals surface area contributed by atoms with Crippen LogP contribution < -0.4 is 15.7 Å². The summed E-state index contributed by atoms with van der Waals surface area (Å²) in [6.07, 6.45) is 0.936. The number of carbonyl (C=O) groups excluding carboxylic acids is 1. The van der Waals surface area contributed by atoms with Crippen molar-refractivity contribution in [2.75, 3.05) is 45.2 Å². The summed E-state index contributed by atoms with van der Waals surface area (Å²) < 4.78 is 10.5. The van der Waals surface area contributed by atoms with E-state index < -0.39 is 0 Å². The summed E-state index contributed by atoms with van der Waals surface area (Å²) in [4.78, 5) is 28.9. The number of ether oxygens (including phenoxy) is 1. The van der Waals surface area contributed by atoms with Gasteiger partial charge in [-0.2, -0.15) is 0 Å². The Morgan fingerprint density at radius 3 is 2.44 bits per heavy atom. The number of nitrogens with one attached hydrogen (secondary N) is 1. The molecule has 2 heterocycles. The molecule has 1 aliphatic heterocycles. The number of nitrogens with zero attached hydrogens (tertiary/aromatic N) is 2. The predicted molar refractivity (Wildman–Crippen MR) is 125 cm³/mol. The highest BCUT2D eigenvalue weighted by Crippen LogP contribution is 2.21. The topological polar surface area (TPSA) is 75.0 Å². The van der Waals surface area contributed by atoms with Crippen molar-refractivity contribution in [2.24, 2.45) is 0 Å². The van der Waals surface area contributed by atoms with Crippen LogP contribution in [-0.2, 0) is 17.8 Å². The number of hydrogen-bond donors (Lipinski definition) is 1. The number of rotatable bonds is 7. The van der Waals surface area contributed by atoms with Crippen molar-refractivity contribution in [3.8, 4) is 5.75 Å². The lowest BCUT2D eigenvalue weighted by molar-refractivity contribution is -0.117. The molecule has 0 saturated carbocycles. The zero-order valence-corrected chi connectivity index (χ0v) is 18.6. The van der Waals surface area contributed by atoms with Crippen molar-refractivity contribution in [1.82, 2.24) is 9.80 Å². The van der Waals surface area contributed by atoms with E-state index in [0.29, 0.717) is 18.7 Å². The van der Waals surface area contributed by atoms with Crippen LogP contribution in [0.25, 0.3) is 11.0 Å². The van der Waals surface area contributed by atoms with Crippen LogP contribution in [0.4, 0.5) is 5.69 Å². The number of hydrogen-bond acceptors (Lipinski definition) is 6. The Morgan fingerprint density at radius 1 is 1.03 bits per heavy atom. The Kier molecular flexibility index (Phi) is 6.87. The van der Waals surface area contributed by atoms with Crippen LogP contribution in [0.2, 0.25) is 0 Å². The first kappa shape index (κ1) is 22.0. The molecule has 1 N–H and O–H groups in total. The van der Waals surface area contributed by atoms with E-state index in [-0.39, 0.29) is 11.5 Å². The molecule has 32 heavy (non-hydrogen) atoms. The second-order valence-corrected chi connectivity index (χ2v) is 8.10. The van der Waals surface area contributed by atoms with Crippen LogP contribution >= 0.6 is 0 Å². The normalized spacial score (nSPS) is 15.1. The summed E-state index contributed by atoms with van der Waals surface area (Å²) in [6, 6.07) is 14.9. The lowest BCUT2D eigenvalue weighted by atomic mass is 10.0. The van der Waals surface area contributed by atoms with Gasteiger partial charge in [-0.3, -0.25) is 14.6 Å². The third kappa shape index (κ3) is 5.36. The third-order valence-corrected chi connectivity index (χ3v) is 5.90. The molecular formula is C25H29N3O4. The zero-order valence-electron chi connectivity index (χ0n) is 18.6. The van der Waals surface area contributed by atoms with Crippen LogP contribution in [-0.4, -0.2) is 55.5 Å². The van der Waals surface area contributed by atoms with E-state index in [4.69, 9.17) is 9.15 Å². The van der Waals surface area contributed by atoms with Crippen LogP contribution in [0.5, 0.6) is 5.75 Å². The number of amides is 1. The maximum Gasteiger partial charge on any atom is 0.336 e. The van der Waals surface area contributed by atoms with Crippen molar-refractivity contribution >= 4 is 22.6 Å². The van der Waals surface area contributed by atoms with Gasteiger partial charge < -0.3 is 14.5 Å². The molecule has 0 radical (unpaired) electrons. The number of fused-ring (bicyclic) bond motifs is 1. The van der Waals surface area contributed by atoms with Crippen LogP contribution in [0, 0.1) is 0 Å². The van der Waals surface area contributed by atoms with Gasteiger partial charge in [-0.05, 0) is 53.9 Å². The minimum absolute atomic E-state index is 0.0256. The SMILES string of the molecule is CCc1ccc2oc(=O)cc(CN3CCN(CC(=O)Nc4ccc(OC)cc4)CC3)c2c1. The van der Waals surface area contributed by atoms with Gasteiger partial charge in [-0.1, -0.05) is 13.0 Å². The van der Waals surface area contributed by atoms with Crippen molar-refractivity contribution in [1.29, 1.82) is 0 Å². The van der Waals surface area contributed by atoms with Crippen molar-refractivity contribution in [3.05, 3.63) is 70.1 Å². The first-order valence-electron chi connectivity index (χ1n) is 11.0. The molecule has 0 atom stereocenters. The number of methoxy groups -OCH3 is 1. The largest absolute Gasteiger partial charge is 0.497 e. The minimum Gasteiger partial charge on any atom is -0.497 e. The van der Waals surface area contributed by atoms with E-state index in [0.717, 1.165) is 55.0 Å². The molecule has 3 aromatic rings. The summed E-state index contributed by atoms with van der Waals surface area (Å²) in [7, 11) is 1.62. The summed E-state index contributed by atoms with van der Waals surface area (Å²) in [5, 5.41) is 3.94. The Morgan fingerprint density at radius 2 is 1.75 bits per heavy atom. The molecule has 168 valence electrons. The number of benzene rings is 2. The van der Waals surface area contributed by atoms with Gasteiger partial charge in [0, 0.05) is 49.9 Å². The molecule has 7 nitrogen and oxygen atoms in total. The molecule has 1 aliphatic rings. The average molecular weight is 436 g/mol. The van der Waals surface area contributed by atoms with E-state index in [1.807, 2.05) is 36.4 Å². The highest BCUT2D eigenvalue weighted by molar-refractivity contribution is 5.92. The van der Waals surface area contributed by atoms with E-state index in [9.17, 15) is 9.59 Å². The molecule has 0 aliphatic carbocycles. The molecule has 1 saturated heterocycles. The van der Waals surface area contributed by atoms with Gasteiger partial charge in [0.05, 0.1) is 13.7 Å². The molecule has 7 heteroatoms. The first-order valence-corrected chi connectivity index (χ1v) is 11.0. The zero-order chi connectivity index (χ0) is 22.5. The van der Waals surface area contributed by atoms with Crippen molar-refractivity contribution in [2.45, 2.75) is 19.9 Å². The van der Waals surface area contributed by atoms with Crippen molar-refractivity contribution in [3.63, 3.8) is 0 Å². The Balaban J connectivity index is 1.33. The maximum absolute atomic E-state index is 12.4. The second-order valence-electron chi connectivity index (χ2n) is 8.10. The second kappa shape index (κ2) is 9.97. The van der Waals surface area contributed by atoms with E-state index >= 15 is 0 Å². The highest BCUT2D eigenvalue weighted by Gasteiger charge is 2.20. The summed E-state index contributed by atoms with van der Waals surface area (Å²) in [5.74, 6) is 0.733. The fraction of sp³-hybridized carbons (Fsp3) is 0.360. The van der Waals surface area contributed by atoms with Gasteiger partial charge >= 0.3 is 5.63 Å². The predicted octanol–water partition coefficient (Wildman–Crippen LogP) is 3.12. The number of carbonyl (C=O) groups is 1. The average Bonchev–Trinajstić information content (AvgIpc) is 2.80. The van der Waals surface area contributed by atoms with Gasteiger partial charge in [0.2, 0.25) is 5.91 Å². The van der Waals surface area contributed by atoms with E-state index in [1.54, 1.807) is 13.2 Å². The lowest BCUT2D eigenvalue weighted by Gasteiger charge is -2.34. The Bertz CT molecular complexity index is 1130. The quantitative estimate of drug-likeness (QED) is 0.575. The summed E-state index contributed by atoms with van der Waals surface area (Å²) in [5.41, 5.74) is 3.30. The maximum atomic E-state index is 12.4. The number of anilines is 1. The van der Waals surface area contributed by atoms with E-state index in [2.05, 4.69) is 28.1 Å². The highest BCUT2D eigenvalue weighted by atomic mass is 16.5. The molecule has 1 fully saturated rings. The fourth-order valence-electron chi connectivity index (χ4n) is 4.05. The number of piperazine rings is 1. The van der Waals surface area contributed by atoms with Crippen LogP contribution in [0.15, 0.2) is 57.7 Å². The molecule has 2 aromatic carbocycles. The monoisotopic (exact) mass is 435 g/mol. The van der Waals surface area contributed by atoms with Crippen LogP contribution in [0.1, 0.15) is 18.1 Å². The molecule has 1 amide bonds. The molecule has 0 unspecified atom stereocenters. The van der Waals surface area contributed by atoms with Crippen LogP contribution in [0.3, 0.4) is 0 Å². The number of aryl methyl sites for hydroxylation is 1. The Labute approximate surface area is 187 Å². The fourth-order valence-corrected chi connectivity index (χ4v) is 4.05. The molecule has 0 spiro atoms. The van der Waals surface area contributed by atoms with E-state index in [1.165, 1.54) is 5.56 Å². The van der Waals surface area contributed by atoms with Gasteiger partial charge in [0.25, 0.3) is 0 Å². The third-order valence-electron chi connectivity index (χ3n) is 5.90. The summed E-state index contributed by atoms with van der Waals surface area (Å²) in [6.45, 7) is 6.45. The molecule has 0 bridgehead atoms. The molecule has 4 rings (SSSR count). The lowest BCUT2D eigenvalue weighted by Crippen LogP contribution is -2.48. The summed E-state index contributed by atoms with van der Waals surface area (Å²) >= 11 is 0. The molecule has 1 aromatic heterocycles. The van der Waals surface area contributed by atoms with Gasteiger partial charge in [0.15, 0.2) is 0 Å². The molecular weight excluding hydrogens is 406 g/mol. The van der Waals surface area contributed by atoms with Gasteiger partial charge in [-0.15, -0.1) is 0 Å². The standard InChI is InChI=1S/C25H29N3O4/c1-3-18-4-9-23-22(14-18)19(15-25(30)32-23)16-27-10-12-28(13-11-27)17-24(29)26-20-5-7-21(31-2)8-6-20/h4-9,14-15H,3,10-13,16-17H2,1-2H3,(H,26,29). The van der Waals surface area contributed by atoms with Crippen molar-refractivity contribution < 1.29 is 13.9 Å². The smallest absolute Gasteiger partial charge is 0.336 e.